The van der Waals surface area contributed by atoms with Crippen molar-refractivity contribution < 1.29 is 19.1 Å². The summed E-state index contributed by atoms with van der Waals surface area (Å²) in [7, 11) is 1.43. The number of hydrogen-bond acceptors (Lipinski definition) is 4. The number of nitrogens with one attached hydrogen (secondary N) is 2. The lowest BCUT2D eigenvalue weighted by atomic mass is 10.0. The summed E-state index contributed by atoms with van der Waals surface area (Å²) in [5.74, 6) is -0.856. The summed E-state index contributed by atoms with van der Waals surface area (Å²) in [6.07, 6.45) is 0.505. The number of amides is 3. The molecule has 29 heavy (non-hydrogen) atoms. The number of anilines is 1. The molecule has 2 unspecified atom stereocenters. The van der Waals surface area contributed by atoms with Crippen molar-refractivity contribution >= 4 is 35.0 Å². The Hall–Kier alpha value is -2.90. The molecule has 2 aliphatic rings. The molecule has 0 saturated carbocycles. The van der Waals surface area contributed by atoms with Gasteiger partial charge in [-0.2, -0.15) is 0 Å². The van der Waals surface area contributed by atoms with Crippen LogP contribution in [0.5, 0.6) is 0 Å². The number of hydrogen-bond donors (Lipinski definition) is 2. The Bertz CT molecular complexity index is 976. The van der Waals surface area contributed by atoms with E-state index in [0.717, 1.165) is 11.1 Å². The topological polar surface area (TPSA) is 87.7 Å². The Morgan fingerprint density at radius 2 is 1.93 bits per heavy atom. The monoisotopic (exact) mass is 413 g/mol. The van der Waals surface area contributed by atoms with Gasteiger partial charge in [0.15, 0.2) is 0 Å². The number of fused-ring (bicyclic) bond motifs is 2. The number of methoxy groups -OCH3 is 1. The van der Waals surface area contributed by atoms with E-state index in [4.69, 9.17) is 16.3 Å². The average Bonchev–Trinajstić information content (AvgIpc) is 3.07. The smallest absolute Gasteiger partial charge is 0.256 e. The van der Waals surface area contributed by atoms with Gasteiger partial charge in [-0.05, 0) is 41.8 Å². The van der Waals surface area contributed by atoms with Crippen molar-refractivity contribution in [3.05, 3.63) is 53.1 Å². The summed E-state index contributed by atoms with van der Waals surface area (Å²) in [6.45, 7) is 0.295. The lowest BCUT2D eigenvalue weighted by Gasteiger charge is -2.24. The van der Waals surface area contributed by atoms with Gasteiger partial charge < -0.3 is 20.3 Å². The second kappa shape index (κ2) is 7.85. The fraction of sp³-hybridized carbons (Fsp3) is 0.286. The predicted molar refractivity (Wildman–Crippen MR) is 109 cm³/mol. The van der Waals surface area contributed by atoms with E-state index in [1.807, 2.05) is 18.2 Å². The maximum absolute atomic E-state index is 13.2. The molecule has 2 aromatic rings. The summed E-state index contributed by atoms with van der Waals surface area (Å²) in [6, 6.07) is 11.5. The number of ether oxygens (including phenoxy) is 1. The first-order valence-corrected chi connectivity index (χ1v) is 9.66. The van der Waals surface area contributed by atoms with E-state index >= 15 is 0 Å². The zero-order valence-corrected chi connectivity index (χ0v) is 16.5. The van der Waals surface area contributed by atoms with Gasteiger partial charge in [0.25, 0.3) is 5.91 Å². The van der Waals surface area contributed by atoms with E-state index in [2.05, 4.69) is 10.6 Å². The van der Waals surface area contributed by atoms with Crippen molar-refractivity contribution in [1.82, 2.24) is 10.2 Å². The van der Waals surface area contributed by atoms with Crippen molar-refractivity contribution in [3.63, 3.8) is 0 Å². The van der Waals surface area contributed by atoms with Crippen LogP contribution in [0.4, 0.5) is 5.69 Å². The van der Waals surface area contributed by atoms with Crippen molar-refractivity contribution in [3.8, 4) is 11.1 Å². The van der Waals surface area contributed by atoms with E-state index in [1.165, 1.54) is 12.0 Å². The van der Waals surface area contributed by atoms with Crippen LogP contribution in [0.1, 0.15) is 16.8 Å². The Kier molecular flexibility index (Phi) is 5.25. The van der Waals surface area contributed by atoms with Crippen molar-refractivity contribution in [2.45, 2.75) is 18.5 Å². The minimum Gasteiger partial charge on any atom is -0.375 e. The van der Waals surface area contributed by atoms with E-state index < -0.39 is 12.1 Å². The maximum atomic E-state index is 13.2. The third-order valence-corrected chi connectivity index (χ3v) is 5.49. The maximum Gasteiger partial charge on any atom is 0.256 e. The van der Waals surface area contributed by atoms with Crippen LogP contribution in [0.15, 0.2) is 42.5 Å². The molecule has 2 aliphatic heterocycles. The van der Waals surface area contributed by atoms with Crippen LogP contribution in [0.25, 0.3) is 11.1 Å². The first-order chi connectivity index (χ1) is 14.0. The Labute approximate surface area is 173 Å². The van der Waals surface area contributed by atoms with E-state index in [9.17, 15) is 14.4 Å². The molecule has 2 N–H and O–H groups in total. The van der Waals surface area contributed by atoms with Crippen LogP contribution in [-0.4, -0.2) is 55.0 Å². The van der Waals surface area contributed by atoms with Crippen LogP contribution in [0.3, 0.4) is 0 Å². The average molecular weight is 414 g/mol. The van der Waals surface area contributed by atoms with Crippen LogP contribution >= 0.6 is 11.6 Å². The summed E-state index contributed by atoms with van der Waals surface area (Å²) < 4.78 is 4.83. The number of benzene rings is 2. The number of halogens is 1. The molecule has 0 spiro atoms. The fourth-order valence-corrected chi connectivity index (χ4v) is 4.01. The molecule has 3 amide bonds. The lowest BCUT2D eigenvalue weighted by Crippen LogP contribution is -2.52. The zero-order valence-electron chi connectivity index (χ0n) is 15.8. The molecule has 2 heterocycles. The van der Waals surface area contributed by atoms with Crippen molar-refractivity contribution in [2.24, 2.45) is 0 Å². The highest BCUT2D eigenvalue weighted by molar-refractivity contribution is 6.30. The van der Waals surface area contributed by atoms with Gasteiger partial charge in [0, 0.05) is 18.7 Å². The summed E-state index contributed by atoms with van der Waals surface area (Å²) in [5, 5.41) is 6.27. The third-order valence-electron chi connectivity index (χ3n) is 5.23. The molecule has 7 nitrogen and oxygen atoms in total. The number of rotatable bonds is 4. The molecule has 2 aromatic carbocycles. The first kappa shape index (κ1) is 19.4. The predicted octanol–water partition coefficient (Wildman–Crippen LogP) is 2.30. The molecule has 4 rings (SSSR count). The van der Waals surface area contributed by atoms with E-state index in [0.29, 0.717) is 29.2 Å². The molecule has 1 fully saturated rings. The molecule has 8 heteroatoms. The van der Waals surface area contributed by atoms with Crippen molar-refractivity contribution in [2.75, 3.05) is 25.6 Å². The number of nitrogens with zero attached hydrogens (tertiary/aromatic N) is 1. The van der Waals surface area contributed by atoms with Gasteiger partial charge in [-0.15, -0.1) is 0 Å². The molecule has 0 bridgehead atoms. The summed E-state index contributed by atoms with van der Waals surface area (Å²) in [5.41, 5.74) is 2.67. The van der Waals surface area contributed by atoms with Crippen LogP contribution in [0, 0.1) is 0 Å². The van der Waals surface area contributed by atoms with Gasteiger partial charge >= 0.3 is 0 Å². The molecule has 0 aromatic heterocycles. The Morgan fingerprint density at radius 3 is 2.66 bits per heavy atom. The molecule has 0 aliphatic carbocycles. The highest BCUT2D eigenvalue weighted by Crippen LogP contribution is 2.32. The molecular weight excluding hydrogens is 394 g/mol. The Balaban J connectivity index is 1.64. The quantitative estimate of drug-likeness (QED) is 0.805. The van der Waals surface area contributed by atoms with Gasteiger partial charge in [0.1, 0.15) is 12.6 Å². The molecule has 150 valence electrons. The lowest BCUT2D eigenvalue weighted by molar-refractivity contribution is -0.126. The van der Waals surface area contributed by atoms with Gasteiger partial charge in [-0.3, -0.25) is 14.4 Å². The summed E-state index contributed by atoms with van der Waals surface area (Å²) in [4.78, 5) is 39.5. The molecule has 0 radical (unpaired) electrons. The van der Waals surface area contributed by atoms with Gasteiger partial charge in [-0.1, -0.05) is 29.8 Å². The standard InChI is InChI=1S/C21H20ClN3O4/c1-29-11-18(26)23-17-8-9-25-19(17)20(27)24-16-7-4-13(10-15(16)21(25)28)12-2-5-14(22)6-3-12/h2-7,10,17,19H,8-9,11H2,1H3,(H,23,26)(H,24,27). The molecule has 1 saturated heterocycles. The highest BCUT2D eigenvalue weighted by Gasteiger charge is 2.45. The summed E-state index contributed by atoms with van der Waals surface area (Å²) >= 11 is 5.96. The fourth-order valence-electron chi connectivity index (χ4n) is 3.89. The third kappa shape index (κ3) is 3.71. The minimum absolute atomic E-state index is 0.0938. The van der Waals surface area contributed by atoms with Crippen LogP contribution in [0.2, 0.25) is 5.02 Å². The Morgan fingerprint density at radius 1 is 1.21 bits per heavy atom. The minimum atomic E-state index is -0.755. The van der Waals surface area contributed by atoms with Crippen LogP contribution < -0.4 is 10.6 Å². The zero-order chi connectivity index (χ0) is 20.5. The van der Waals surface area contributed by atoms with Crippen molar-refractivity contribution in [1.29, 1.82) is 0 Å². The largest absolute Gasteiger partial charge is 0.375 e. The molecular formula is C21H20ClN3O4. The number of carbonyl (C=O) groups is 3. The van der Waals surface area contributed by atoms with Gasteiger partial charge in [0.05, 0.1) is 17.3 Å². The first-order valence-electron chi connectivity index (χ1n) is 9.28. The van der Waals surface area contributed by atoms with Crippen LogP contribution in [-0.2, 0) is 14.3 Å². The van der Waals surface area contributed by atoms with E-state index in [-0.39, 0.29) is 24.3 Å². The SMILES string of the molecule is COCC(=O)NC1CCN2C(=O)c3cc(-c4ccc(Cl)cc4)ccc3NC(=O)C12. The van der Waals surface area contributed by atoms with Gasteiger partial charge in [-0.25, -0.2) is 0 Å². The number of carbonyl (C=O) groups excluding carboxylic acids is 3. The second-order valence-electron chi connectivity index (χ2n) is 7.10. The van der Waals surface area contributed by atoms with Gasteiger partial charge in [0.2, 0.25) is 11.8 Å². The highest BCUT2D eigenvalue weighted by atomic mass is 35.5. The van der Waals surface area contributed by atoms with E-state index in [1.54, 1.807) is 24.3 Å². The second-order valence-corrected chi connectivity index (χ2v) is 7.53. The molecule has 2 atom stereocenters. The normalized spacial score (nSPS) is 20.6.